The van der Waals surface area contributed by atoms with Crippen LogP contribution in [0.3, 0.4) is 0 Å². The third kappa shape index (κ3) is 6.38. The summed E-state index contributed by atoms with van der Waals surface area (Å²) in [4.78, 5) is 29.4. The minimum Gasteiger partial charge on any atom is -0.507 e. The first-order valence-corrected chi connectivity index (χ1v) is 13.7. The highest BCUT2D eigenvalue weighted by molar-refractivity contribution is 14.2. The molecule has 0 amide bonds. The van der Waals surface area contributed by atoms with Crippen molar-refractivity contribution in [2.24, 2.45) is 0 Å². The lowest BCUT2D eigenvalue weighted by molar-refractivity contribution is 0.0533. The van der Waals surface area contributed by atoms with Crippen molar-refractivity contribution in [3.8, 4) is 5.75 Å². The Morgan fingerprint density at radius 3 is 2.46 bits per heavy atom. The van der Waals surface area contributed by atoms with Gasteiger partial charge in [0.1, 0.15) is 17.9 Å². The molecule has 4 N–H and O–H groups in total. The monoisotopic (exact) mass is 517 g/mol. The molecule has 0 radical (unpaired) electrons. The number of hydrogen-bond acceptors (Lipinski definition) is 6. The minimum atomic E-state index is -4.00. The van der Waals surface area contributed by atoms with Crippen LogP contribution >= 0.6 is 37.7 Å². The lowest BCUT2D eigenvalue weighted by Gasteiger charge is -2.17. The summed E-state index contributed by atoms with van der Waals surface area (Å²) in [7, 11) is -2.28. The smallest absolute Gasteiger partial charge is 0.342 e. The number of carbonyl (C=O) groups is 1. The van der Waals surface area contributed by atoms with Crippen molar-refractivity contribution >= 4 is 43.7 Å². The van der Waals surface area contributed by atoms with Crippen LogP contribution in [0, 0.1) is 6.92 Å². The number of aromatic hydroxyl groups is 1. The van der Waals surface area contributed by atoms with Crippen LogP contribution in [0.4, 0.5) is 0 Å². The number of phenols is 1. The Hall–Kier alpha value is -0.320. The van der Waals surface area contributed by atoms with E-state index in [1.165, 1.54) is 0 Å². The van der Waals surface area contributed by atoms with Crippen molar-refractivity contribution in [3.63, 3.8) is 0 Å². The Balaban J connectivity index is 0.00000105. The lowest BCUT2D eigenvalue weighted by Crippen LogP contribution is -2.22. The fourth-order valence-electron chi connectivity index (χ4n) is 2.95. The summed E-state index contributed by atoms with van der Waals surface area (Å²) in [6.07, 6.45) is 2.99. The van der Waals surface area contributed by atoms with Gasteiger partial charge in [-0.15, -0.1) is 0 Å². The van der Waals surface area contributed by atoms with Gasteiger partial charge in [0, 0.05) is 12.1 Å². The van der Waals surface area contributed by atoms with Crippen molar-refractivity contribution in [2.45, 2.75) is 33.3 Å². The molecule has 148 valence electrons. The first-order valence-electron chi connectivity index (χ1n) is 8.11. The highest BCUT2D eigenvalue weighted by atomic mass is 127. The van der Waals surface area contributed by atoms with Crippen molar-refractivity contribution in [3.05, 3.63) is 27.8 Å². The van der Waals surface area contributed by atoms with Gasteiger partial charge < -0.3 is 24.9 Å². The van der Waals surface area contributed by atoms with Gasteiger partial charge in [-0.3, -0.25) is 4.57 Å². The number of esters is 1. The predicted molar refractivity (Wildman–Crippen MR) is 112 cm³/mol. The third-order valence-electron chi connectivity index (χ3n) is 4.13. The number of fused-ring (bicyclic) bond motifs is 1. The lowest BCUT2D eigenvalue weighted by atomic mass is 9.89. The van der Waals surface area contributed by atoms with E-state index >= 15 is 0 Å². The maximum absolute atomic E-state index is 11.8. The van der Waals surface area contributed by atoms with Crippen LogP contribution in [0.5, 0.6) is 5.75 Å². The average molecular weight is 517 g/mol. The van der Waals surface area contributed by atoms with E-state index in [2.05, 4.69) is 26.5 Å². The maximum Gasteiger partial charge on any atom is 0.342 e. The van der Waals surface area contributed by atoms with Crippen LogP contribution in [-0.2, 0) is 28.8 Å². The van der Waals surface area contributed by atoms with E-state index in [0.29, 0.717) is 18.5 Å². The van der Waals surface area contributed by atoms with Gasteiger partial charge in [0.15, 0.2) is 0 Å². The largest absolute Gasteiger partial charge is 0.507 e. The molecule has 10 heteroatoms. The molecule has 26 heavy (non-hydrogen) atoms. The number of hydrogen-bond donors (Lipinski definition) is 4. The second-order valence-electron chi connectivity index (χ2n) is 5.76. The Bertz CT molecular complexity index is 694. The molecule has 0 aromatic heterocycles. The fourth-order valence-corrected chi connectivity index (χ4v) is 3.40. The number of nitrogens with one attached hydrogen (secondary N) is 1. The summed E-state index contributed by atoms with van der Waals surface area (Å²) < 4.78 is 15.8. The highest BCUT2D eigenvalue weighted by Gasteiger charge is 2.30. The van der Waals surface area contributed by atoms with Gasteiger partial charge in [0.05, 0.1) is 6.16 Å². The molecule has 1 aliphatic rings. The van der Waals surface area contributed by atoms with Gasteiger partial charge >= 0.3 is 13.6 Å². The molecule has 1 aromatic carbocycles. The summed E-state index contributed by atoms with van der Waals surface area (Å²) >= 11 is 2.20. The number of benzene rings is 1. The van der Waals surface area contributed by atoms with Crippen LogP contribution in [0.25, 0.3) is 0 Å². The molecule has 1 heterocycles. The summed E-state index contributed by atoms with van der Waals surface area (Å²) in [6, 6.07) is 0. The van der Waals surface area contributed by atoms with E-state index in [9.17, 15) is 14.5 Å². The molecule has 1 aromatic rings. The van der Waals surface area contributed by atoms with Crippen LogP contribution < -0.4 is 5.32 Å². The first kappa shape index (κ1) is 23.7. The number of ether oxygens (including phenoxy) is 1. The Morgan fingerprint density at radius 2 is 1.92 bits per heavy atom. The van der Waals surface area contributed by atoms with E-state index < -0.39 is 13.6 Å². The van der Waals surface area contributed by atoms with Gasteiger partial charge in [-0.25, -0.2) is 4.79 Å². The molecule has 0 unspecified atom stereocenters. The normalized spacial score (nSPS) is 13.1. The van der Waals surface area contributed by atoms with E-state index in [1.807, 2.05) is 20.1 Å². The Morgan fingerprint density at radius 1 is 1.31 bits per heavy atom. The van der Waals surface area contributed by atoms with Crippen LogP contribution in [0.1, 0.15) is 39.5 Å². The zero-order chi connectivity index (χ0) is 19.9. The molecule has 7 nitrogen and oxygen atoms in total. The van der Waals surface area contributed by atoms with Gasteiger partial charge in [-0.1, -0.05) is 15.9 Å². The summed E-state index contributed by atoms with van der Waals surface area (Å²) in [5.41, 5.74) is 3.67. The number of halogens is 1. The summed E-state index contributed by atoms with van der Waals surface area (Å²) in [5, 5.41) is 13.4. The molecule has 0 bridgehead atoms. The molecule has 0 saturated carbocycles. The Kier molecular flexibility index (Phi) is 9.92. The van der Waals surface area contributed by atoms with Crippen molar-refractivity contribution < 1.29 is 29.0 Å². The molecular weight excluding hydrogens is 492 g/mol. The molecule has 0 atom stereocenters. The topological polar surface area (TPSA) is 116 Å². The third-order valence-corrected chi connectivity index (χ3v) is 4.94. The summed E-state index contributed by atoms with van der Waals surface area (Å²) in [5.74, 6) is -0.527. The number of carbonyl (C=O) groups excluding carboxylic acids is 1. The zero-order valence-corrected chi connectivity index (χ0v) is 18.9. The molecule has 0 aliphatic carbocycles. The second kappa shape index (κ2) is 10.9. The van der Waals surface area contributed by atoms with Crippen LogP contribution in [-0.4, -0.2) is 46.4 Å². The predicted octanol–water partition coefficient (Wildman–Crippen LogP) is 2.94. The van der Waals surface area contributed by atoms with Crippen molar-refractivity contribution in [1.29, 1.82) is 0 Å². The fraction of sp³-hybridized carbons (Fsp3) is 0.562. The zero-order valence-electron chi connectivity index (χ0n) is 15.0. The number of cyclic esters (lactones) is 1. The molecule has 1 aliphatic heterocycles. The average Bonchev–Trinajstić information content (AvgIpc) is 2.93. The second-order valence-corrected chi connectivity index (χ2v) is 10.5. The van der Waals surface area contributed by atoms with E-state index in [4.69, 9.17) is 14.5 Å². The van der Waals surface area contributed by atoms with Gasteiger partial charge in [0.25, 0.3) is 0 Å². The van der Waals surface area contributed by atoms with Crippen LogP contribution in [0.15, 0.2) is 0 Å². The minimum absolute atomic E-state index is 0.0262. The number of rotatable bonds is 7. The van der Waals surface area contributed by atoms with Gasteiger partial charge in [0.2, 0.25) is 0 Å². The quantitative estimate of drug-likeness (QED) is 0.189. The molecule has 0 spiro atoms. The Labute approximate surface area is 170 Å². The van der Waals surface area contributed by atoms with Gasteiger partial charge in [-0.2, -0.15) is 0 Å². The van der Waals surface area contributed by atoms with Crippen LogP contribution in [0.2, 0.25) is 0 Å². The van der Waals surface area contributed by atoms with E-state index in [-0.39, 0.29) is 30.6 Å². The number of phenolic OH excluding ortho intramolecular Hbond substituents is 1. The van der Waals surface area contributed by atoms with E-state index in [1.54, 1.807) is 8.93 Å². The van der Waals surface area contributed by atoms with Crippen molar-refractivity contribution in [1.82, 2.24) is 5.32 Å². The molecule has 2 rings (SSSR count). The SMILES string of the molecule is CCc1c(C)c2c(c(O)c1CCNCCP(=O)(O)O)C(=O)OC2.CSI. The molecule has 0 fully saturated rings. The first-order chi connectivity index (χ1) is 12.2. The molecule has 0 saturated heterocycles. The van der Waals surface area contributed by atoms with Crippen molar-refractivity contribution in [2.75, 3.05) is 25.5 Å². The maximum atomic E-state index is 11.8. The molecular formula is C16H25INO6PS. The van der Waals surface area contributed by atoms with Gasteiger partial charge in [-0.05, 0) is 70.5 Å². The summed E-state index contributed by atoms with van der Waals surface area (Å²) in [6.45, 7) is 4.74. The standard InChI is InChI=1S/C15H22NO6P.CH3IS/c1-3-10-9(2)12-8-22-15(18)13(12)14(17)11(10)4-5-16-6-7-23(19,20)21;1-3-2/h16-17H,3-8H2,1-2H3,(H2,19,20,21);1H3. The van der Waals surface area contributed by atoms with E-state index in [0.717, 1.165) is 23.1 Å². The highest BCUT2D eigenvalue weighted by Crippen LogP contribution is 2.38.